The summed E-state index contributed by atoms with van der Waals surface area (Å²) in [6.45, 7) is 3.17. The zero-order valence-corrected chi connectivity index (χ0v) is 22.0. The fourth-order valence-corrected chi connectivity index (χ4v) is 3.86. The monoisotopic (exact) mass is 523 g/mol. The van der Waals surface area contributed by atoms with Gasteiger partial charge in [0.05, 0.1) is 12.8 Å². The molecule has 0 fully saturated rings. The minimum absolute atomic E-state index is 0.122. The van der Waals surface area contributed by atoms with Crippen LogP contribution in [0.3, 0.4) is 0 Å². The summed E-state index contributed by atoms with van der Waals surface area (Å²) in [7, 11) is -2.24. The standard InChI is InChI=1S/C25H34ClN3O5S/c1-4-34-16-8-15-27-25(31)23(17-20-9-6-5-7-10-20)29(18-21-11-13-22(26)14-12-21)24(30)19-28(2)35(3,32)33/h5-7,9-14,23H,4,8,15-19H2,1-3H3,(H,27,31)/t23-/m0/s1. The Kier molecular flexibility index (Phi) is 11.7. The van der Waals surface area contributed by atoms with E-state index in [9.17, 15) is 18.0 Å². The Balaban J connectivity index is 2.35. The van der Waals surface area contributed by atoms with E-state index < -0.39 is 22.0 Å². The quantitative estimate of drug-likeness (QED) is 0.384. The first kappa shape index (κ1) is 28.8. The number of rotatable bonds is 14. The molecule has 8 nitrogen and oxygen atoms in total. The lowest BCUT2D eigenvalue weighted by atomic mass is 10.0. The molecule has 0 aliphatic carbocycles. The molecule has 2 aromatic rings. The number of carbonyl (C=O) groups excluding carboxylic acids is 2. The van der Waals surface area contributed by atoms with Crippen LogP contribution in [0.5, 0.6) is 0 Å². The smallest absolute Gasteiger partial charge is 0.243 e. The summed E-state index contributed by atoms with van der Waals surface area (Å²) in [5.74, 6) is -0.784. The molecular formula is C25H34ClN3O5S. The average Bonchev–Trinajstić information content (AvgIpc) is 2.82. The van der Waals surface area contributed by atoms with Gasteiger partial charge in [0.1, 0.15) is 6.04 Å². The predicted octanol–water partition coefficient (Wildman–Crippen LogP) is 2.71. The van der Waals surface area contributed by atoms with Crippen LogP contribution in [0.15, 0.2) is 54.6 Å². The minimum atomic E-state index is -3.58. The molecule has 0 heterocycles. The number of likely N-dealkylation sites (N-methyl/N-ethyl adjacent to an activating group) is 1. The van der Waals surface area contributed by atoms with E-state index in [4.69, 9.17) is 16.3 Å². The topological polar surface area (TPSA) is 96.0 Å². The van der Waals surface area contributed by atoms with E-state index >= 15 is 0 Å². The highest BCUT2D eigenvalue weighted by Crippen LogP contribution is 2.17. The normalized spacial score (nSPS) is 12.4. The predicted molar refractivity (Wildman–Crippen MR) is 138 cm³/mol. The summed E-state index contributed by atoms with van der Waals surface area (Å²) in [6.07, 6.45) is 1.95. The van der Waals surface area contributed by atoms with Crippen LogP contribution in [0, 0.1) is 0 Å². The highest BCUT2D eigenvalue weighted by molar-refractivity contribution is 7.88. The van der Waals surface area contributed by atoms with Crippen molar-refractivity contribution in [3.05, 3.63) is 70.7 Å². The molecule has 2 amide bonds. The van der Waals surface area contributed by atoms with Gasteiger partial charge in [-0.3, -0.25) is 9.59 Å². The molecule has 2 rings (SSSR count). The molecule has 0 aliphatic heterocycles. The van der Waals surface area contributed by atoms with Crippen LogP contribution in [-0.4, -0.2) is 75.1 Å². The SMILES string of the molecule is CCOCCCNC(=O)[C@H](Cc1ccccc1)N(Cc1ccc(Cl)cc1)C(=O)CN(C)S(C)(=O)=O. The van der Waals surface area contributed by atoms with Crippen LogP contribution in [0.2, 0.25) is 5.02 Å². The Morgan fingerprint density at radius 1 is 1.06 bits per heavy atom. The summed E-state index contributed by atoms with van der Waals surface area (Å²) < 4.78 is 30.2. The Morgan fingerprint density at radius 3 is 2.31 bits per heavy atom. The van der Waals surface area contributed by atoms with Gasteiger partial charge in [-0.2, -0.15) is 4.31 Å². The molecule has 1 atom stereocenters. The van der Waals surface area contributed by atoms with Gasteiger partial charge < -0.3 is 15.0 Å². The van der Waals surface area contributed by atoms with E-state index in [1.165, 1.54) is 11.9 Å². The molecule has 10 heteroatoms. The van der Waals surface area contributed by atoms with Crippen molar-refractivity contribution in [3.63, 3.8) is 0 Å². The lowest BCUT2D eigenvalue weighted by Gasteiger charge is -2.32. The molecule has 0 bridgehead atoms. The number of nitrogens with one attached hydrogen (secondary N) is 1. The van der Waals surface area contributed by atoms with E-state index in [0.717, 1.165) is 21.7 Å². The van der Waals surface area contributed by atoms with Gasteiger partial charge in [-0.15, -0.1) is 0 Å². The number of hydrogen-bond acceptors (Lipinski definition) is 5. The van der Waals surface area contributed by atoms with Crippen LogP contribution in [0.25, 0.3) is 0 Å². The van der Waals surface area contributed by atoms with Gasteiger partial charge in [0, 0.05) is 44.8 Å². The summed E-state index contributed by atoms with van der Waals surface area (Å²) in [6, 6.07) is 15.5. The van der Waals surface area contributed by atoms with E-state index in [1.807, 2.05) is 37.3 Å². The third-order valence-corrected chi connectivity index (χ3v) is 6.94. The second kappa shape index (κ2) is 14.2. The molecule has 0 spiro atoms. The molecule has 192 valence electrons. The summed E-state index contributed by atoms with van der Waals surface area (Å²) in [5.41, 5.74) is 1.65. The molecule has 0 saturated carbocycles. The first-order valence-electron chi connectivity index (χ1n) is 11.5. The van der Waals surface area contributed by atoms with Crippen LogP contribution in [0.4, 0.5) is 0 Å². The maximum Gasteiger partial charge on any atom is 0.243 e. The molecule has 1 N–H and O–H groups in total. The maximum absolute atomic E-state index is 13.4. The van der Waals surface area contributed by atoms with E-state index in [1.54, 1.807) is 24.3 Å². The highest BCUT2D eigenvalue weighted by atomic mass is 35.5. The van der Waals surface area contributed by atoms with Crippen molar-refractivity contribution in [2.24, 2.45) is 0 Å². The molecule has 0 saturated heterocycles. The van der Waals surface area contributed by atoms with Gasteiger partial charge >= 0.3 is 0 Å². The number of carbonyl (C=O) groups is 2. The van der Waals surface area contributed by atoms with E-state index in [2.05, 4.69) is 5.32 Å². The Morgan fingerprint density at radius 2 is 1.71 bits per heavy atom. The average molecular weight is 524 g/mol. The molecule has 0 aromatic heterocycles. The minimum Gasteiger partial charge on any atom is -0.382 e. The van der Waals surface area contributed by atoms with Gasteiger partial charge in [-0.05, 0) is 36.6 Å². The van der Waals surface area contributed by atoms with Gasteiger partial charge in [-0.25, -0.2) is 8.42 Å². The van der Waals surface area contributed by atoms with Crippen molar-refractivity contribution in [2.45, 2.75) is 32.4 Å². The van der Waals surface area contributed by atoms with Gasteiger partial charge in [0.15, 0.2) is 0 Å². The van der Waals surface area contributed by atoms with Crippen LogP contribution in [0.1, 0.15) is 24.5 Å². The number of ether oxygens (including phenoxy) is 1. The molecule has 35 heavy (non-hydrogen) atoms. The van der Waals surface area contributed by atoms with Gasteiger partial charge in [0.2, 0.25) is 21.8 Å². The second-order valence-electron chi connectivity index (χ2n) is 8.21. The van der Waals surface area contributed by atoms with Crippen molar-refractivity contribution in [2.75, 3.05) is 39.6 Å². The maximum atomic E-state index is 13.4. The van der Waals surface area contributed by atoms with Crippen molar-refractivity contribution >= 4 is 33.4 Å². The Labute approximate surface area is 213 Å². The van der Waals surface area contributed by atoms with Crippen molar-refractivity contribution in [1.29, 1.82) is 0 Å². The number of nitrogens with zero attached hydrogens (tertiary/aromatic N) is 2. The van der Waals surface area contributed by atoms with Crippen LogP contribution >= 0.6 is 11.6 Å². The Hall–Kier alpha value is -2.46. The van der Waals surface area contributed by atoms with Crippen molar-refractivity contribution < 1.29 is 22.7 Å². The molecule has 0 aliphatic rings. The van der Waals surface area contributed by atoms with Gasteiger partial charge in [0.25, 0.3) is 0 Å². The van der Waals surface area contributed by atoms with Gasteiger partial charge in [-0.1, -0.05) is 54.1 Å². The van der Waals surface area contributed by atoms with E-state index in [0.29, 0.717) is 31.2 Å². The van der Waals surface area contributed by atoms with Crippen LogP contribution in [-0.2, 0) is 37.3 Å². The first-order chi connectivity index (χ1) is 16.6. The second-order valence-corrected chi connectivity index (χ2v) is 10.7. The number of benzene rings is 2. The highest BCUT2D eigenvalue weighted by Gasteiger charge is 2.31. The third kappa shape index (κ3) is 9.97. The summed E-state index contributed by atoms with van der Waals surface area (Å²) in [4.78, 5) is 28.2. The lowest BCUT2D eigenvalue weighted by Crippen LogP contribution is -2.53. The summed E-state index contributed by atoms with van der Waals surface area (Å²) >= 11 is 6.02. The molecule has 0 unspecified atom stereocenters. The molecule has 0 radical (unpaired) electrons. The Bertz CT molecular complexity index is 1050. The molecular weight excluding hydrogens is 490 g/mol. The fourth-order valence-electron chi connectivity index (χ4n) is 3.39. The third-order valence-electron chi connectivity index (χ3n) is 5.43. The molecule has 2 aromatic carbocycles. The van der Waals surface area contributed by atoms with Crippen molar-refractivity contribution in [1.82, 2.24) is 14.5 Å². The summed E-state index contributed by atoms with van der Waals surface area (Å²) in [5, 5.41) is 3.46. The fraction of sp³-hybridized carbons (Fsp3) is 0.440. The van der Waals surface area contributed by atoms with Crippen molar-refractivity contribution in [3.8, 4) is 0 Å². The number of halogens is 1. The number of sulfonamides is 1. The number of hydrogen-bond donors (Lipinski definition) is 1. The first-order valence-corrected chi connectivity index (χ1v) is 13.7. The largest absolute Gasteiger partial charge is 0.382 e. The van der Waals surface area contributed by atoms with E-state index in [-0.39, 0.29) is 25.4 Å². The zero-order valence-electron chi connectivity index (χ0n) is 20.4. The van der Waals surface area contributed by atoms with Crippen LogP contribution < -0.4 is 5.32 Å². The number of amides is 2. The lowest BCUT2D eigenvalue weighted by molar-refractivity contribution is -0.141. The zero-order chi connectivity index (χ0) is 25.8.